The monoisotopic (exact) mass is 335 g/mol. The lowest BCUT2D eigenvalue weighted by atomic mass is 9.95. The van der Waals surface area contributed by atoms with Crippen molar-refractivity contribution in [1.29, 1.82) is 0 Å². The summed E-state index contributed by atoms with van der Waals surface area (Å²) in [6.45, 7) is 11.2. The number of likely N-dealkylation sites (N-methyl/N-ethyl adjacent to an activating group) is 1. The zero-order valence-corrected chi connectivity index (χ0v) is 15.1. The smallest absolute Gasteiger partial charge is 0.223 e. The van der Waals surface area contributed by atoms with Crippen LogP contribution in [-0.4, -0.2) is 50.3 Å². The maximum atomic E-state index is 12.3. The second kappa shape index (κ2) is 9.64. The van der Waals surface area contributed by atoms with Crippen LogP contribution in [0.1, 0.15) is 32.3 Å². The first kappa shape index (κ1) is 18.7. The van der Waals surface area contributed by atoms with Crippen molar-refractivity contribution in [3.05, 3.63) is 29.8 Å². The fraction of sp³-hybridized carbons (Fsp3) is 0.632. The molecule has 0 aromatic heterocycles. The number of likely N-dealkylation sites (tertiary alicyclic amines) is 1. The molecule has 1 aromatic rings. The lowest BCUT2D eigenvalue weighted by Crippen LogP contribution is -3.12. The Bertz CT molecular complexity index is 509. The highest BCUT2D eigenvalue weighted by Gasteiger charge is 2.27. The van der Waals surface area contributed by atoms with Crippen molar-refractivity contribution < 1.29 is 19.7 Å². The number of amides is 1. The van der Waals surface area contributed by atoms with Gasteiger partial charge in [-0.05, 0) is 26.0 Å². The van der Waals surface area contributed by atoms with Gasteiger partial charge >= 0.3 is 0 Å². The zero-order chi connectivity index (χ0) is 17.4. The van der Waals surface area contributed by atoms with Crippen molar-refractivity contribution in [3.8, 4) is 5.75 Å². The Balaban J connectivity index is 1.70. The van der Waals surface area contributed by atoms with Gasteiger partial charge in [0.2, 0.25) is 5.91 Å². The zero-order valence-electron chi connectivity index (χ0n) is 15.1. The highest BCUT2D eigenvalue weighted by atomic mass is 16.3. The molecule has 2 rings (SSSR count). The molecule has 0 atom stereocenters. The minimum Gasteiger partial charge on any atom is -0.507 e. The van der Waals surface area contributed by atoms with Crippen molar-refractivity contribution in [1.82, 2.24) is 5.32 Å². The summed E-state index contributed by atoms with van der Waals surface area (Å²) < 4.78 is 0. The number of hydrogen-bond acceptors (Lipinski definition) is 2. The molecule has 24 heavy (non-hydrogen) atoms. The predicted octanol–water partition coefficient (Wildman–Crippen LogP) is -0.772. The second-order valence-electron chi connectivity index (χ2n) is 6.83. The molecule has 5 nitrogen and oxygen atoms in total. The predicted molar refractivity (Wildman–Crippen MR) is 95.2 cm³/mol. The molecule has 4 N–H and O–H groups in total. The minimum absolute atomic E-state index is 0.157. The quantitative estimate of drug-likeness (QED) is 0.504. The van der Waals surface area contributed by atoms with Crippen LogP contribution in [0, 0.1) is 5.92 Å². The van der Waals surface area contributed by atoms with Gasteiger partial charge in [-0.15, -0.1) is 0 Å². The van der Waals surface area contributed by atoms with Crippen LogP contribution in [-0.2, 0) is 11.3 Å². The van der Waals surface area contributed by atoms with E-state index < -0.39 is 0 Å². The molecule has 1 saturated heterocycles. The third-order valence-electron chi connectivity index (χ3n) is 5.27. The number of piperidine rings is 1. The number of quaternary nitrogens is 2. The molecular formula is C19H33N3O2+2. The Hall–Kier alpha value is -1.59. The van der Waals surface area contributed by atoms with Gasteiger partial charge in [0.05, 0.1) is 39.3 Å². The Labute approximate surface area is 145 Å². The number of carbonyl (C=O) groups excluding carboxylic acids is 1. The molecule has 5 heteroatoms. The number of para-hydroxylation sites is 1. The maximum absolute atomic E-state index is 12.3. The Morgan fingerprint density at radius 1 is 1.25 bits per heavy atom. The molecule has 1 heterocycles. The largest absolute Gasteiger partial charge is 0.507 e. The van der Waals surface area contributed by atoms with Gasteiger partial charge in [0, 0.05) is 24.3 Å². The van der Waals surface area contributed by atoms with Crippen LogP contribution < -0.4 is 15.1 Å². The molecule has 0 unspecified atom stereocenters. The van der Waals surface area contributed by atoms with Crippen molar-refractivity contribution in [2.45, 2.75) is 33.2 Å². The first-order chi connectivity index (χ1) is 11.6. The van der Waals surface area contributed by atoms with E-state index in [1.807, 2.05) is 18.2 Å². The summed E-state index contributed by atoms with van der Waals surface area (Å²) >= 11 is 0. The van der Waals surface area contributed by atoms with Gasteiger partial charge in [-0.25, -0.2) is 0 Å². The molecule has 1 aliphatic rings. The van der Waals surface area contributed by atoms with Crippen LogP contribution in [0.2, 0.25) is 0 Å². The first-order valence-electron chi connectivity index (χ1n) is 9.35. The summed E-state index contributed by atoms with van der Waals surface area (Å²) in [4.78, 5) is 15.3. The Morgan fingerprint density at radius 3 is 2.54 bits per heavy atom. The number of rotatable bonds is 8. The van der Waals surface area contributed by atoms with Gasteiger partial charge in [-0.1, -0.05) is 12.1 Å². The van der Waals surface area contributed by atoms with E-state index in [0.717, 1.165) is 64.2 Å². The summed E-state index contributed by atoms with van der Waals surface area (Å²) in [5, 5.41) is 13.0. The summed E-state index contributed by atoms with van der Waals surface area (Å²) in [5.41, 5.74) is 0.998. The summed E-state index contributed by atoms with van der Waals surface area (Å²) in [6, 6.07) is 7.54. The van der Waals surface area contributed by atoms with Crippen LogP contribution in [0.3, 0.4) is 0 Å². The molecule has 0 saturated carbocycles. The number of phenols is 1. The number of nitrogens with one attached hydrogen (secondary N) is 3. The van der Waals surface area contributed by atoms with E-state index in [1.54, 1.807) is 6.07 Å². The van der Waals surface area contributed by atoms with Crippen LogP contribution in [0.25, 0.3) is 0 Å². The Morgan fingerprint density at radius 2 is 1.92 bits per heavy atom. The molecule has 1 aliphatic heterocycles. The normalized spacial score (nSPS) is 21.0. The summed E-state index contributed by atoms with van der Waals surface area (Å²) in [7, 11) is 0. The SMILES string of the molecule is CC[NH+](CC)CCNC(=O)C1CC[NH+](Cc2ccccc2O)CC1. The Kier molecular flexibility index (Phi) is 7.53. The van der Waals surface area contributed by atoms with Gasteiger partial charge in [0.25, 0.3) is 0 Å². The molecule has 0 spiro atoms. The number of carbonyl (C=O) groups is 1. The van der Waals surface area contributed by atoms with Gasteiger partial charge in [-0.3, -0.25) is 4.79 Å². The standard InChI is InChI=1S/C19H31N3O2/c1-3-21(4-2)14-11-20-19(24)16-9-12-22(13-10-16)15-17-7-5-6-8-18(17)23/h5-8,16,23H,3-4,9-15H2,1-2H3,(H,20,24)/p+2. The van der Waals surface area contributed by atoms with Crippen LogP contribution in [0.5, 0.6) is 5.75 Å². The van der Waals surface area contributed by atoms with E-state index >= 15 is 0 Å². The van der Waals surface area contributed by atoms with Crippen molar-refractivity contribution in [2.75, 3.05) is 39.3 Å². The van der Waals surface area contributed by atoms with Crippen LogP contribution in [0.4, 0.5) is 0 Å². The highest BCUT2D eigenvalue weighted by molar-refractivity contribution is 5.78. The van der Waals surface area contributed by atoms with E-state index in [-0.39, 0.29) is 11.8 Å². The number of phenolic OH excluding ortho intramolecular Hbond substituents is 1. The van der Waals surface area contributed by atoms with E-state index in [0.29, 0.717) is 5.75 Å². The lowest BCUT2D eigenvalue weighted by molar-refractivity contribution is -0.919. The van der Waals surface area contributed by atoms with E-state index in [1.165, 1.54) is 9.80 Å². The van der Waals surface area contributed by atoms with Crippen molar-refractivity contribution in [3.63, 3.8) is 0 Å². The van der Waals surface area contributed by atoms with Crippen LogP contribution in [0.15, 0.2) is 24.3 Å². The third kappa shape index (κ3) is 5.49. The highest BCUT2D eigenvalue weighted by Crippen LogP contribution is 2.15. The van der Waals surface area contributed by atoms with Gasteiger partial charge in [-0.2, -0.15) is 0 Å². The fourth-order valence-corrected chi connectivity index (χ4v) is 3.51. The van der Waals surface area contributed by atoms with E-state index in [9.17, 15) is 9.90 Å². The molecule has 1 amide bonds. The molecule has 1 aromatic carbocycles. The fourth-order valence-electron chi connectivity index (χ4n) is 3.51. The molecule has 0 aliphatic carbocycles. The third-order valence-corrected chi connectivity index (χ3v) is 5.27. The summed E-state index contributed by atoms with van der Waals surface area (Å²) in [5.74, 6) is 0.761. The first-order valence-corrected chi connectivity index (χ1v) is 9.35. The summed E-state index contributed by atoms with van der Waals surface area (Å²) in [6.07, 6.45) is 1.87. The minimum atomic E-state index is 0.157. The maximum Gasteiger partial charge on any atom is 0.223 e. The molecule has 0 bridgehead atoms. The molecule has 1 fully saturated rings. The average Bonchev–Trinajstić information content (AvgIpc) is 2.61. The van der Waals surface area contributed by atoms with Gasteiger partial charge in [0.15, 0.2) is 0 Å². The number of hydrogen-bond donors (Lipinski definition) is 4. The molecule has 134 valence electrons. The average molecular weight is 335 g/mol. The van der Waals surface area contributed by atoms with Gasteiger partial charge in [0.1, 0.15) is 12.3 Å². The van der Waals surface area contributed by atoms with E-state index in [2.05, 4.69) is 19.2 Å². The lowest BCUT2D eigenvalue weighted by Gasteiger charge is -2.29. The second-order valence-corrected chi connectivity index (χ2v) is 6.83. The molecule has 0 radical (unpaired) electrons. The topological polar surface area (TPSA) is 58.2 Å². The van der Waals surface area contributed by atoms with Crippen molar-refractivity contribution in [2.24, 2.45) is 5.92 Å². The van der Waals surface area contributed by atoms with Crippen LogP contribution >= 0.6 is 0 Å². The molecular weight excluding hydrogens is 302 g/mol. The van der Waals surface area contributed by atoms with E-state index in [4.69, 9.17) is 0 Å². The van der Waals surface area contributed by atoms with Crippen molar-refractivity contribution >= 4 is 5.91 Å². The number of benzene rings is 1. The number of aromatic hydroxyl groups is 1. The van der Waals surface area contributed by atoms with Gasteiger partial charge < -0.3 is 20.2 Å².